The largest absolute Gasteiger partial charge is 0.303 e. The minimum absolute atomic E-state index is 0. The Hall–Kier alpha value is -0.590. The number of carbonyl (C=O) groups excluding carboxylic acids is 1. The van der Waals surface area contributed by atoms with Crippen LogP contribution in [0.5, 0.6) is 0 Å². The molecule has 0 fully saturated rings. The zero-order valence-electron chi connectivity index (χ0n) is 12.6. The Kier molecular flexibility index (Phi) is 70.7. The Labute approximate surface area is 124 Å². The van der Waals surface area contributed by atoms with Gasteiger partial charge in [-0.1, -0.05) is 87.1 Å². The first-order valence-electron chi connectivity index (χ1n) is 7.29. The molecule has 0 aliphatic rings. The lowest BCUT2D eigenvalue weighted by Gasteiger charge is -1.81. The second-order valence-corrected chi connectivity index (χ2v) is 4.09. The third kappa shape index (κ3) is 75.3. The highest BCUT2D eigenvalue weighted by atomic mass is 16.1. The molecule has 0 spiro atoms. The van der Waals surface area contributed by atoms with Gasteiger partial charge in [-0.3, -0.25) is 0 Å². The minimum Gasteiger partial charge on any atom is -0.303 e. The lowest BCUT2D eigenvalue weighted by molar-refractivity contribution is -0.107. The molecule has 1 nitrogen and oxygen atoms in total. The average Bonchev–Trinajstić information content (AvgIpc) is 2.36. The van der Waals surface area contributed by atoms with Crippen LogP contribution in [0.2, 0.25) is 0 Å². The SMILES string of the molecule is C.C.C=CCCCC.CCCCC.CCCCC=O. The van der Waals surface area contributed by atoms with Crippen molar-refractivity contribution in [2.45, 2.75) is 100 Å². The monoisotopic (exact) mass is 274 g/mol. The van der Waals surface area contributed by atoms with Crippen molar-refractivity contribution in [2.24, 2.45) is 0 Å². The molecule has 0 N–H and O–H groups in total. The Balaban J connectivity index is -0.0000000492. The molecule has 0 aliphatic heterocycles. The van der Waals surface area contributed by atoms with E-state index in [0.29, 0.717) is 0 Å². The number of allylic oxidation sites excluding steroid dienone is 1. The van der Waals surface area contributed by atoms with Gasteiger partial charge in [0.05, 0.1) is 0 Å². The molecule has 0 aromatic rings. The third-order valence-corrected chi connectivity index (χ3v) is 2.14. The van der Waals surface area contributed by atoms with E-state index in [-0.39, 0.29) is 14.9 Å². The van der Waals surface area contributed by atoms with Crippen LogP contribution in [0.1, 0.15) is 100 Å². The van der Waals surface area contributed by atoms with Gasteiger partial charge in [-0.2, -0.15) is 0 Å². The predicted molar refractivity (Wildman–Crippen MR) is 94.0 cm³/mol. The highest BCUT2D eigenvalue weighted by Crippen LogP contribution is 1.91. The molecule has 0 heterocycles. The second kappa shape index (κ2) is 43.3. The number of carbonyl (C=O) groups is 1. The quantitative estimate of drug-likeness (QED) is 0.260. The maximum absolute atomic E-state index is 9.56. The van der Waals surface area contributed by atoms with Crippen molar-refractivity contribution >= 4 is 6.29 Å². The second-order valence-electron chi connectivity index (χ2n) is 4.09. The number of hydrogen-bond acceptors (Lipinski definition) is 1. The molecule has 0 radical (unpaired) electrons. The molecule has 0 aromatic carbocycles. The van der Waals surface area contributed by atoms with Gasteiger partial charge in [0, 0.05) is 6.42 Å². The van der Waals surface area contributed by atoms with Crippen molar-refractivity contribution < 1.29 is 4.79 Å². The van der Waals surface area contributed by atoms with E-state index in [4.69, 9.17) is 0 Å². The van der Waals surface area contributed by atoms with E-state index in [1.807, 2.05) is 6.08 Å². The van der Waals surface area contributed by atoms with Gasteiger partial charge in [-0.15, -0.1) is 6.58 Å². The lowest BCUT2D eigenvalue weighted by Crippen LogP contribution is -1.70. The zero-order valence-corrected chi connectivity index (χ0v) is 12.6. The fourth-order valence-corrected chi connectivity index (χ4v) is 0.989. The van der Waals surface area contributed by atoms with Gasteiger partial charge in [0.2, 0.25) is 0 Å². The van der Waals surface area contributed by atoms with Gasteiger partial charge in [-0.05, 0) is 12.8 Å². The predicted octanol–water partition coefficient (Wildman–Crippen LogP) is 7.21. The number of unbranched alkanes of at least 4 members (excludes halogenated alkanes) is 6. The van der Waals surface area contributed by atoms with Crippen molar-refractivity contribution in [3.05, 3.63) is 12.7 Å². The maximum atomic E-state index is 9.56. The van der Waals surface area contributed by atoms with Crippen LogP contribution in [0.4, 0.5) is 0 Å². The highest BCUT2D eigenvalue weighted by Gasteiger charge is 1.75. The normalized spacial score (nSPS) is 7.37. The van der Waals surface area contributed by atoms with Crippen molar-refractivity contribution in [3.8, 4) is 0 Å². The van der Waals surface area contributed by atoms with Crippen LogP contribution in [0.3, 0.4) is 0 Å². The fourth-order valence-electron chi connectivity index (χ4n) is 0.989. The van der Waals surface area contributed by atoms with Gasteiger partial charge >= 0.3 is 0 Å². The summed E-state index contributed by atoms with van der Waals surface area (Å²) in [5.41, 5.74) is 0. The fraction of sp³-hybridized carbons (Fsp3) is 0.833. The Morgan fingerprint density at radius 3 is 1.21 bits per heavy atom. The molecule has 0 aromatic heterocycles. The van der Waals surface area contributed by atoms with Crippen LogP contribution < -0.4 is 0 Å². The van der Waals surface area contributed by atoms with Crippen LogP contribution in [0.15, 0.2) is 12.7 Å². The topological polar surface area (TPSA) is 17.1 Å². The molecule has 19 heavy (non-hydrogen) atoms. The van der Waals surface area contributed by atoms with Crippen LogP contribution in [-0.4, -0.2) is 6.29 Å². The molecule has 0 bridgehead atoms. The van der Waals surface area contributed by atoms with Gasteiger partial charge in [0.1, 0.15) is 6.29 Å². The van der Waals surface area contributed by atoms with Crippen LogP contribution >= 0.6 is 0 Å². The van der Waals surface area contributed by atoms with Crippen LogP contribution in [0, 0.1) is 0 Å². The number of hydrogen-bond donors (Lipinski definition) is 0. The van der Waals surface area contributed by atoms with E-state index in [0.717, 1.165) is 25.5 Å². The summed E-state index contributed by atoms with van der Waals surface area (Å²) < 4.78 is 0. The smallest absolute Gasteiger partial charge is 0.119 e. The summed E-state index contributed by atoms with van der Waals surface area (Å²) in [7, 11) is 0. The molecule has 0 rings (SSSR count). The summed E-state index contributed by atoms with van der Waals surface area (Å²) in [6, 6.07) is 0. The third-order valence-electron chi connectivity index (χ3n) is 2.14. The Morgan fingerprint density at radius 2 is 1.11 bits per heavy atom. The van der Waals surface area contributed by atoms with Gasteiger partial charge in [-0.25, -0.2) is 0 Å². The summed E-state index contributed by atoms with van der Waals surface area (Å²) >= 11 is 0. The van der Waals surface area contributed by atoms with Crippen LogP contribution in [0.25, 0.3) is 0 Å². The Bertz CT molecular complexity index is 105. The van der Waals surface area contributed by atoms with E-state index >= 15 is 0 Å². The first-order valence-corrected chi connectivity index (χ1v) is 7.29. The van der Waals surface area contributed by atoms with E-state index in [9.17, 15) is 4.79 Å². The first-order chi connectivity index (χ1) is 8.24. The number of rotatable bonds is 8. The average molecular weight is 275 g/mol. The minimum atomic E-state index is 0. The van der Waals surface area contributed by atoms with Crippen LogP contribution in [-0.2, 0) is 4.79 Å². The summed E-state index contributed by atoms with van der Waals surface area (Å²) in [6.45, 7) is 12.3. The number of aldehydes is 1. The van der Waals surface area contributed by atoms with Gasteiger partial charge < -0.3 is 4.79 Å². The molecule has 0 aliphatic carbocycles. The first kappa shape index (κ1) is 31.0. The molecule has 0 unspecified atom stereocenters. The van der Waals surface area contributed by atoms with Crippen molar-refractivity contribution in [2.75, 3.05) is 0 Å². The van der Waals surface area contributed by atoms with E-state index in [1.54, 1.807) is 0 Å². The zero-order chi connectivity index (χ0) is 13.8. The summed E-state index contributed by atoms with van der Waals surface area (Å²) in [4.78, 5) is 9.56. The Morgan fingerprint density at radius 1 is 0.737 bits per heavy atom. The standard InChI is InChI=1S/C6H12.C5H10O.C5H12.2CH4/c1-3-5-6-4-2;1-2-3-4-5-6;1-3-5-4-2;;/h3H,1,4-6H2,2H3;5H,2-4H2,1H3;3-5H2,1-2H3;2*1H4. The lowest BCUT2D eigenvalue weighted by atomic mass is 10.3. The molecule has 0 amide bonds. The molecule has 0 saturated heterocycles. The van der Waals surface area contributed by atoms with Gasteiger partial charge in [0.25, 0.3) is 0 Å². The van der Waals surface area contributed by atoms with E-state index in [1.165, 1.54) is 38.5 Å². The van der Waals surface area contributed by atoms with Crippen molar-refractivity contribution in [1.29, 1.82) is 0 Å². The molecule has 0 atom stereocenters. The molecular formula is C18H42O. The van der Waals surface area contributed by atoms with Gasteiger partial charge in [0.15, 0.2) is 0 Å². The maximum Gasteiger partial charge on any atom is 0.119 e. The van der Waals surface area contributed by atoms with Crippen molar-refractivity contribution in [3.63, 3.8) is 0 Å². The van der Waals surface area contributed by atoms with E-state index < -0.39 is 0 Å². The van der Waals surface area contributed by atoms with E-state index in [2.05, 4.69) is 34.3 Å². The molecule has 1 heteroatoms. The highest BCUT2D eigenvalue weighted by molar-refractivity contribution is 5.48. The molecule has 120 valence electrons. The summed E-state index contributed by atoms with van der Waals surface area (Å²) in [6.07, 6.45) is 13.7. The summed E-state index contributed by atoms with van der Waals surface area (Å²) in [5, 5.41) is 0. The molecular weight excluding hydrogens is 232 g/mol. The van der Waals surface area contributed by atoms with Crippen molar-refractivity contribution in [1.82, 2.24) is 0 Å². The molecule has 0 saturated carbocycles. The summed E-state index contributed by atoms with van der Waals surface area (Å²) in [5.74, 6) is 0.